The van der Waals surface area contributed by atoms with Gasteiger partial charge in [0.2, 0.25) is 0 Å². The summed E-state index contributed by atoms with van der Waals surface area (Å²) in [4.78, 5) is 8.51. The summed E-state index contributed by atoms with van der Waals surface area (Å²) in [6.45, 7) is 4.24. The van der Waals surface area contributed by atoms with Crippen molar-refractivity contribution in [3.05, 3.63) is 47.9 Å². The number of nitrogens with one attached hydrogen (secondary N) is 1. The number of aryl methyl sites for hydroxylation is 1. The largest absolute Gasteiger partial charge is 0.399 e. The van der Waals surface area contributed by atoms with Crippen LogP contribution >= 0.6 is 0 Å². The Balaban J connectivity index is 2.10. The molecule has 0 aliphatic heterocycles. The zero-order chi connectivity index (χ0) is 13.7. The van der Waals surface area contributed by atoms with Crippen molar-refractivity contribution in [1.29, 1.82) is 0 Å². The van der Waals surface area contributed by atoms with Crippen LogP contribution in [0.4, 0.5) is 11.5 Å². The summed E-state index contributed by atoms with van der Waals surface area (Å²) in [7, 11) is 0. The van der Waals surface area contributed by atoms with Crippen LogP contribution in [0.25, 0.3) is 0 Å². The van der Waals surface area contributed by atoms with Crippen LogP contribution in [0.5, 0.6) is 0 Å². The minimum absolute atomic E-state index is 0.160. The zero-order valence-electron chi connectivity index (χ0n) is 11.4. The molecule has 19 heavy (non-hydrogen) atoms. The van der Waals surface area contributed by atoms with Crippen LogP contribution in [0.3, 0.4) is 0 Å². The maximum absolute atomic E-state index is 5.80. The molecule has 1 unspecified atom stereocenters. The van der Waals surface area contributed by atoms with Crippen molar-refractivity contribution in [1.82, 2.24) is 9.97 Å². The van der Waals surface area contributed by atoms with Crippen molar-refractivity contribution >= 4 is 11.5 Å². The number of nitrogen functional groups attached to an aromatic ring is 1. The van der Waals surface area contributed by atoms with E-state index < -0.39 is 0 Å². The molecule has 0 aliphatic rings. The Morgan fingerprint density at radius 3 is 2.84 bits per heavy atom. The molecule has 1 aromatic carbocycles. The average Bonchev–Trinajstić information content (AvgIpc) is 2.39. The molecule has 0 amide bonds. The highest BCUT2D eigenvalue weighted by atomic mass is 15.0. The standard InChI is InChI=1S/C15H20N4/c1-3-5-14-9-15(18-10-17-14)19-11(2)12-6-4-7-13(16)8-12/h4,6-11H,3,5,16H2,1-2H3,(H,17,18,19). The van der Waals surface area contributed by atoms with Gasteiger partial charge >= 0.3 is 0 Å². The van der Waals surface area contributed by atoms with Gasteiger partial charge in [0.15, 0.2) is 0 Å². The van der Waals surface area contributed by atoms with E-state index in [1.807, 2.05) is 24.3 Å². The Labute approximate surface area is 114 Å². The van der Waals surface area contributed by atoms with E-state index in [-0.39, 0.29) is 6.04 Å². The van der Waals surface area contributed by atoms with Crippen LogP contribution in [-0.2, 0) is 6.42 Å². The summed E-state index contributed by atoms with van der Waals surface area (Å²) >= 11 is 0. The summed E-state index contributed by atoms with van der Waals surface area (Å²) in [5, 5.41) is 3.38. The van der Waals surface area contributed by atoms with Gasteiger partial charge in [0.05, 0.1) is 6.04 Å². The molecule has 0 bridgehead atoms. The summed E-state index contributed by atoms with van der Waals surface area (Å²) in [5.74, 6) is 0.855. The number of hydrogen-bond acceptors (Lipinski definition) is 4. The minimum Gasteiger partial charge on any atom is -0.399 e. The third-order valence-electron chi connectivity index (χ3n) is 3.00. The third-order valence-corrected chi connectivity index (χ3v) is 3.00. The fourth-order valence-corrected chi connectivity index (χ4v) is 2.00. The van der Waals surface area contributed by atoms with Gasteiger partial charge < -0.3 is 11.1 Å². The molecule has 0 fully saturated rings. The number of hydrogen-bond donors (Lipinski definition) is 2. The van der Waals surface area contributed by atoms with Crippen LogP contribution in [0.2, 0.25) is 0 Å². The first kappa shape index (κ1) is 13.3. The fourth-order valence-electron chi connectivity index (χ4n) is 2.00. The molecule has 3 N–H and O–H groups in total. The average molecular weight is 256 g/mol. The summed E-state index contributed by atoms with van der Waals surface area (Å²) in [6.07, 6.45) is 3.67. The zero-order valence-corrected chi connectivity index (χ0v) is 11.4. The van der Waals surface area contributed by atoms with Crippen LogP contribution < -0.4 is 11.1 Å². The van der Waals surface area contributed by atoms with E-state index in [9.17, 15) is 0 Å². The molecule has 100 valence electrons. The molecule has 0 saturated heterocycles. The van der Waals surface area contributed by atoms with Crippen molar-refractivity contribution < 1.29 is 0 Å². The smallest absolute Gasteiger partial charge is 0.130 e. The number of anilines is 2. The maximum atomic E-state index is 5.80. The molecule has 4 heteroatoms. The number of aromatic nitrogens is 2. The first-order valence-corrected chi connectivity index (χ1v) is 6.62. The lowest BCUT2D eigenvalue weighted by molar-refractivity contribution is 0.849. The van der Waals surface area contributed by atoms with Crippen molar-refractivity contribution in [3.8, 4) is 0 Å². The Morgan fingerprint density at radius 2 is 2.11 bits per heavy atom. The maximum Gasteiger partial charge on any atom is 0.130 e. The van der Waals surface area contributed by atoms with Crippen LogP contribution in [0.1, 0.15) is 37.6 Å². The van der Waals surface area contributed by atoms with Crippen molar-refractivity contribution in [2.75, 3.05) is 11.1 Å². The molecule has 0 saturated carbocycles. The molecule has 0 aliphatic carbocycles. The Morgan fingerprint density at radius 1 is 1.26 bits per heavy atom. The lowest BCUT2D eigenvalue weighted by atomic mass is 10.1. The van der Waals surface area contributed by atoms with Gasteiger partial charge in [-0.2, -0.15) is 0 Å². The van der Waals surface area contributed by atoms with Gasteiger partial charge in [0, 0.05) is 17.4 Å². The van der Waals surface area contributed by atoms with Gasteiger partial charge in [-0.05, 0) is 31.0 Å². The number of rotatable bonds is 5. The van der Waals surface area contributed by atoms with Gasteiger partial charge in [-0.15, -0.1) is 0 Å². The van der Waals surface area contributed by atoms with E-state index in [1.165, 1.54) is 0 Å². The summed E-state index contributed by atoms with van der Waals surface area (Å²) in [5.41, 5.74) is 8.80. The number of benzene rings is 1. The van der Waals surface area contributed by atoms with Crippen molar-refractivity contribution in [2.45, 2.75) is 32.7 Å². The molecule has 1 atom stereocenters. The highest BCUT2D eigenvalue weighted by molar-refractivity contribution is 5.44. The van der Waals surface area contributed by atoms with Gasteiger partial charge in [-0.3, -0.25) is 0 Å². The Hall–Kier alpha value is -2.10. The second kappa shape index (κ2) is 6.18. The molecule has 0 spiro atoms. The molecule has 1 aromatic heterocycles. The van der Waals surface area contributed by atoms with E-state index in [0.29, 0.717) is 0 Å². The topological polar surface area (TPSA) is 63.8 Å². The quantitative estimate of drug-likeness (QED) is 0.806. The fraction of sp³-hybridized carbons (Fsp3) is 0.333. The van der Waals surface area contributed by atoms with E-state index in [4.69, 9.17) is 5.73 Å². The number of nitrogens with zero attached hydrogens (tertiary/aromatic N) is 2. The second-order valence-corrected chi connectivity index (χ2v) is 4.68. The Bertz CT molecular complexity index is 539. The predicted octanol–water partition coefficient (Wildman–Crippen LogP) is 3.18. The van der Waals surface area contributed by atoms with Crippen LogP contribution in [0.15, 0.2) is 36.7 Å². The summed E-state index contributed by atoms with van der Waals surface area (Å²) < 4.78 is 0. The Kier molecular flexibility index (Phi) is 4.34. The molecule has 2 rings (SSSR count). The molecule has 1 heterocycles. The van der Waals surface area contributed by atoms with E-state index in [0.717, 1.165) is 35.6 Å². The third kappa shape index (κ3) is 3.68. The highest BCUT2D eigenvalue weighted by Gasteiger charge is 2.07. The monoisotopic (exact) mass is 256 g/mol. The first-order valence-electron chi connectivity index (χ1n) is 6.62. The normalized spacial score (nSPS) is 12.1. The number of nitrogens with two attached hydrogens (primary N) is 1. The second-order valence-electron chi connectivity index (χ2n) is 4.68. The molecular weight excluding hydrogens is 236 g/mol. The van der Waals surface area contributed by atoms with Crippen LogP contribution in [0, 0.1) is 0 Å². The molecule has 2 aromatic rings. The van der Waals surface area contributed by atoms with Gasteiger partial charge in [-0.25, -0.2) is 9.97 Å². The molecule has 0 radical (unpaired) electrons. The SMILES string of the molecule is CCCc1cc(NC(C)c2cccc(N)c2)ncn1. The molecule has 4 nitrogen and oxygen atoms in total. The van der Waals surface area contributed by atoms with Gasteiger partial charge in [0.1, 0.15) is 12.1 Å². The predicted molar refractivity (Wildman–Crippen MR) is 78.9 cm³/mol. The van der Waals surface area contributed by atoms with Crippen molar-refractivity contribution in [3.63, 3.8) is 0 Å². The lowest BCUT2D eigenvalue weighted by Gasteiger charge is -2.15. The molecular formula is C15H20N4. The van der Waals surface area contributed by atoms with Crippen LogP contribution in [-0.4, -0.2) is 9.97 Å². The highest BCUT2D eigenvalue weighted by Crippen LogP contribution is 2.19. The van der Waals surface area contributed by atoms with E-state index in [2.05, 4.69) is 35.2 Å². The minimum atomic E-state index is 0.160. The van der Waals surface area contributed by atoms with Gasteiger partial charge in [0.25, 0.3) is 0 Å². The van der Waals surface area contributed by atoms with Crippen molar-refractivity contribution in [2.24, 2.45) is 0 Å². The summed E-state index contributed by atoms with van der Waals surface area (Å²) in [6, 6.07) is 10.1. The lowest BCUT2D eigenvalue weighted by Crippen LogP contribution is -2.09. The van der Waals surface area contributed by atoms with Gasteiger partial charge in [-0.1, -0.05) is 25.5 Å². The first-order chi connectivity index (χ1) is 9.19. The van der Waals surface area contributed by atoms with E-state index >= 15 is 0 Å². The van der Waals surface area contributed by atoms with E-state index in [1.54, 1.807) is 6.33 Å².